The molecule has 0 atom stereocenters. The van der Waals surface area contributed by atoms with Crippen molar-refractivity contribution >= 4 is 32.8 Å². The highest BCUT2D eigenvalue weighted by molar-refractivity contribution is 6.73. The van der Waals surface area contributed by atoms with Gasteiger partial charge >= 0.3 is 8.80 Å². The molecule has 0 saturated heterocycles. The van der Waals surface area contributed by atoms with Crippen molar-refractivity contribution in [3.05, 3.63) is 11.8 Å². The monoisotopic (exact) mass is 287 g/mol. The summed E-state index contributed by atoms with van der Waals surface area (Å²) < 4.78 is 14.5. The van der Waals surface area contributed by atoms with Gasteiger partial charge in [-0.1, -0.05) is 6.58 Å². The maximum absolute atomic E-state index is 11.1. The van der Waals surface area contributed by atoms with E-state index in [-0.39, 0.29) is 11.7 Å². The molecule has 0 aromatic rings. The molecule has 0 amide bonds. The van der Waals surface area contributed by atoms with Crippen molar-refractivity contribution < 1.29 is 32.5 Å². The zero-order chi connectivity index (χ0) is 15.1. The van der Waals surface area contributed by atoms with E-state index in [1.165, 1.54) is 6.08 Å². The minimum Gasteiger partial charge on any atom is -0.452 e. The van der Waals surface area contributed by atoms with Gasteiger partial charge in [0.2, 0.25) is 6.08 Å². The number of hydrogen-bond acceptors (Lipinski definition) is 8. The van der Waals surface area contributed by atoms with Gasteiger partial charge in [0.25, 0.3) is 17.9 Å². The molecule has 0 aromatic heterocycles. The van der Waals surface area contributed by atoms with E-state index in [2.05, 4.69) is 11.6 Å². The molecule has 0 unspecified atom stereocenters. The van der Waals surface area contributed by atoms with E-state index in [1.807, 2.05) is 0 Å². The Balaban J connectivity index is 5.49. The van der Waals surface area contributed by atoms with Crippen LogP contribution < -0.4 is 0 Å². The summed E-state index contributed by atoms with van der Waals surface area (Å²) >= 11 is 0. The lowest BCUT2D eigenvalue weighted by Gasteiger charge is -2.26. The number of rotatable bonds is 6. The van der Waals surface area contributed by atoms with E-state index < -0.39 is 26.7 Å². The molecular weight excluding hydrogens is 274 g/mol. The van der Waals surface area contributed by atoms with Crippen LogP contribution in [0.2, 0.25) is 0 Å². The third kappa shape index (κ3) is 5.75. The minimum absolute atomic E-state index is 0.0866. The van der Waals surface area contributed by atoms with Crippen LogP contribution in [0.1, 0.15) is 20.8 Å². The third-order valence-corrected chi connectivity index (χ3v) is 4.29. The first-order valence-corrected chi connectivity index (χ1v) is 6.76. The molecule has 0 fully saturated rings. The first kappa shape index (κ1) is 16.7. The van der Waals surface area contributed by atoms with E-state index in [0.717, 1.165) is 20.8 Å². The Labute approximate surface area is 110 Å². The lowest BCUT2D eigenvalue weighted by atomic mass is 10.6. The predicted molar refractivity (Wildman–Crippen MR) is 63.2 cm³/mol. The number of isocyanates is 1. The third-order valence-electron chi connectivity index (χ3n) is 1.60. The fourth-order valence-corrected chi connectivity index (χ4v) is 3.04. The Kier molecular flexibility index (Phi) is 6.38. The van der Waals surface area contributed by atoms with Gasteiger partial charge in [-0.15, -0.1) is 0 Å². The van der Waals surface area contributed by atoms with Gasteiger partial charge in [0.15, 0.2) is 0 Å². The molecule has 0 aromatic carbocycles. The lowest BCUT2D eigenvalue weighted by Crippen LogP contribution is -2.52. The fraction of sp³-hybridized carbons (Fsp3) is 0.400. The van der Waals surface area contributed by atoms with Crippen LogP contribution in [0.5, 0.6) is 0 Å². The molecule has 0 bridgehead atoms. The van der Waals surface area contributed by atoms with Crippen LogP contribution >= 0.6 is 0 Å². The molecule has 0 spiro atoms. The molecule has 0 radical (unpaired) electrons. The molecule has 104 valence electrons. The smallest absolute Gasteiger partial charge is 0.452 e. The van der Waals surface area contributed by atoms with Crippen LogP contribution in [0, 0.1) is 0 Å². The molecular formula is C10H13NO7Si. The van der Waals surface area contributed by atoms with Crippen molar-refractivity contribution in [2.75, 3.05) is 6.54 Å². The normalized spacial score (nSPS) is 9.84. The first-order valence-electron chi connectivity index (χ1n) is 5.04. The van der Waals surface area contributed by atoms with Gasteiger partial charge in [0.05, 0.1) is 11.7 Å². The molecule has 0 rings (SSSR count). The maximum Gasteiger partial charge on any atom is 0.739 e. The van der Waals surface area contributed by atoms with Crippen LogP contribution in [0.4, 0.5) is 0 Å². The van der Waals surface area contributed by atoms with Gasteiger partial charge in [-0.2, -0.15) is 0 Å². The number of hydrogen-bond donors (Lipinski definition) is 0. The highest BCUT2D eigenvalue weighted by Crippen LogP contribution is 2.20. The second kappa shape index (κ2) is 7.24. The molecule has 0 aliphatic heterocycles. The van der Waals surface area contributed by atoms with Crippen LogP contribution in [0.3, 0.4) is 0 Å². The van der Waals surface area contributed by atoms with Gasteiger partial charge in [0, 0.05) is 20.8 Å². The number of aliphatic imine (C=N–C) groups is 1. The second-order valence-corrected chi connectivity index (χ2v) is 5.78. The van der Waals surface area contributed by atoms with Gasteiger partial charge < -0.3 is 13.3 Å². The molecule has 19 heavy (non-hydrogen) atoms. The summed E-state index contributed by atoms with van der Waals surface area (Å²) in [4.78, 5) is 46.5. The van der Waals surface area contributed by atoms with Crippen LogP contribution in [-0.4, -0.2) is 39.3 Å². The van der Waals surface area contributed by atoms with Gasteiger partial charge in [-0.25, -0.2) is 9.79 Å². The summed E-state index contributed by atoms with van der Waals surface area (Å²) in [5, 5.41) is -0.0866. The average Bonchev–Trinajstić information content (AvgIpc) is 2.22. The Morgan fingerprint density at radius 1 is 1.05 bits per heavy atom. The number of carbonyl (C=O) groups excluding carboxylic acids is 4. The molecule has 9 heteroatoms. The molecule has 0 aliphatic carbocycles. The predicted octanol–water partition coefficient (Wildman–Crippen LogP) is 0.0458. The Hall–Kier alpha value is -2.25. The summed E-state index contributed by atoms with van der Waals surface area (Å²) in [6, 6.07) is 0. The van der Waals surface area contributed by atoms with Crippen molar-refractivity contribution in [2.24, 2.45) is 4.99 Å². The maximum atomic E-state index is 11.1. The largest absolute Gasteiger partial charge is 0.739 e. The summed E-state index contributed by atoms with van der Waals surface area (Å²) in [6.45, 7) is 6.28. The Bertz CT molecular complexity index is 412. The van der Waals surface area contributed by atoms with Gasteiger partial charge in [-0.3, -0.25) is 14.4 Å². The molecule has 0 N–H and O–H groups in total. The standard InChI is InChI=1S/C10H13NO7Si/c1-7(5-11-6-12)19(16-8(2)13,17-9(3)14)18-10(4)15/h1,5H2,2-4H3. The minimum atomic E-state index is -4.14. The quantitative estimate of drug-likeness (QED) is 0.385. The fourth-order valence-electron chi connectivity index (χ4n) is 1.07. The molecule has 0 aliphatic rings. The number of carbonyl (C=O) groups is 3. The lowest BCUT2D eigenvalue weighted by molar-refractivity contribution is -0.147. The van der Waals surface area contributed by atoms with E-state index in [9.17, 15) is 19.2 Å². The Morgan fingerprint density at radius 2 is 1.42 bits per heavy atom. The van der Waals surface area contributed by atoms with Crippen molar-refractivity contribution in [1.29, 1.82) is 0 Å². The Morgan fingerprint density at radius 3 is 1.68 bits per heavy atom. The molecule has 0 saturated carbocycles. The zero-order valence-corrected chi connectivity index (χ0v) is 11.7. The SMILES string of the molecule is C=C(CN=C=O)[Si](OC(C)=O)(OC(C)=O)OC(C)=O. The van der Waals surface area contributed by atoms with Crippen LogP contribution in [0.15, 0.2) is 16.8 Å². The van der Waals surface area contributed by atoms with Gasteiger partial charge in [0.1, 0.15) is 0 Å². The highest BCUT2D eigenvalue weighted by Gasteiger charge is 2.55. The summed E-state index contributed by atoms with van der Waals surface area (Å²) in [5.41, 5.74) is 0. The summed E-state index contributed by atoms with van der Waals surface area (Å²) in [6.07, 6.45) is 1.25. The topological polar surface area (TPSA) is 108 Å². The average molecular weight is 287 g/mol. The van der Waals surface area contributed by atoms with Crippen molar-refractivity contribution in [1.82, 2.24) is 0 Å². The van der Waals surface area contributed by atoms with E-state index in [4.69, 9.17) is 13.3 Å². The van der Waals surface area contributed by atoms with Crippen molar-refractivity contribution in [3.8, 4) is 0 Å². The highest BCUT2D eigenvalue weighted by atomic mass is 28.4. The van der Waals surface area contributed by atoms with Crippen molar-refractivity contribution in [2.45, 2.75) is 20.8 Å². The van der Waals surface area contributed by atoms with E-state index >= 15 is 0 Å². The molecule has 0 heterocycles. The van der Waals surface area contributed by atoms with Crippen molar-refractivity contribution in [3.63, 3.8) is 0 Å². The molecule has 8 nitrogen and oxygen atoms in total. The van der Waals surface area contributed by atoms with E-state index in [1.54, 1.807) is 0 Å². The zero-order valence-electron chi connectivity index (χ0n) is 10.7. The summed E-state index contributed by atoms with van der Waals surface area (Å²) in [5.74, 6) is -2.49. The summed E-state index contributed by atoms with van der Waals surface area (Å²) in [7, 11) is -4.14. The van der Waals surface area contributed by atoms with Crippen LogP contribution in [0.25, 0.3) is 0 Å². The number of nitrogens with zero attached hydrogens (tertiary/aromatic N) is 1. The van der Waals surface area contributed by atoms with E-state index in [0.29, 0.717) is 0 Å². The van der Waals surface area contributed by atoms with Gasteiger partial charge in [-0.05, 0) is 0 Å². The first-order chi connectivity index (χ1) is 8.73. The van der Waals surface area contributed by atoms with Crippen LogP contribution in [-0.2, 0) is 32.5 Å². The second-order valence-electron chi connectivity index (χ2n) is 3.35.